The molecule has 2 aromatic heterocycles. The predicted octanol–water partition coefficient (Wildman–Crippen LogP) is 2.05. The van der Waals surface area contributed by atoms with Gasteiger partial charge in [0.25, 0.3) is 0 Å². The third-order valence-corrected chi connectivity index (χ3v) is 6.52. The summed E-state index contributed by atoms with van der Waals surface area (Å²) in [4.78, 5) is 26.3. The number of carbonyl (C=O) groups is 1. The summed E-state index contributed by atoms with van der Waals surface area (Å²) in [5, 5.41) is 1.08. The van der Waals surface area contributed by atoms with Gasteiger partial charge in [0.15, 0.2) is 0 Å². The minimum atomic E-state index is 0.118. The standard InChI is InChI=1S/C19H25N5O/c1-22-7-6-16-17(22)20-12-21-18(16)23-8-5-15(11-23)19(25)24-9-13-3-2-4-14(13)10-24/h6-7,12-15H,2-5,8-11H2,1H3. The van der Waals surface area contributed by atoms with Crippen LogP contribution in [0.1, 0.15) is 25.7 Å². The number of hydrogen-bond acceptors (Lipinski definition) is 4. The molecule has 1 amide bonds. The number of anilines is 1. The molecule has 0 radical (unpaired) electrons. The molecule has 3 aliphatic rings. The van der Waals surface area contributed by atoms with Crippen molar-refractivity contribution in [3.63, 3.8) is 0 Å². The van der Waals surface area contributed by atoms with Gasteiger partial charge in [0.05, 0.1) is 11.3 Å². The van der Waals surface area contributed by atoms with Crippen LogP contribution in [0.2, 0.25) is 0 Å². The predicted molar refractivity (Wildman–Crippen MR) is 96.2 cm³/mol. The van der Waals surface area contributed by atoms with Crippen LogP contribution < -0.4 is 4.90 Å². The van der Waals surface area contributed by atoms with Gasteiger partial charge in [-0.25, -0.2) is 9.97 Å². The fourth-order valence-corrected chi connectivity index (χ4v) is 5.14. The Morgan fingerprint density at radius 1 is 1.12 bits per heavy atom. The van der Waals surface area contributed by atoms with Crippen molar-refractivity contribution in [2.45, 2.75) is 25.7 Å². The Labute approximate surface area is 147 Å². The summed E-state index contributed by atoms with van der Waals surface area (Å²) in [6, 6.07) is 2.07. The van der Waals surface area contributed by atoms with Crippen molar-refractivity contribution in [2.24, 2.45) is 24.8 Å². The Hall–Kier alpha value is -2.11. The average molecular weight is 339 g/mol. The summed E-state index contributed by atoms with van der Waals surface area (Å²) >= 11 is 0. The van der Waals surface area contributed by atoms with Crippen LogP contribution in [0, 0.1) is 17.8 Å². The highest BCUT2D eigenvalue weighted by molar-refractivity contribution is 5.88. The van der Waals surface area contributed by atoms with E-state index in [0.717, 1.165) is 61.3 Å². The molecule has 132 valence electrons. The molecule has 3 atom stereocenters. The number of hydrogen-bond donors (Lipinski definition) is 0. The molecular formula is C19H25N5O. The maximum absolute atomic E-state index is 13.0. The molecule has 4 heterocycles. The van der Waals surface area contributed by atoms with Crippen LogP contribution in [0.15, 0.2) is 18.6 Å². The number of aryl methyl sites for hydroxylation is 1. The number of rotatable bonds is 2. The van der Waals surface area contributed by atoms with Gasteiger partial charge in [-0.2, -0.15) is 0 Å². The Kier molecular flexibility index (Phi) is 3.47. The van der Waals surface area contributed by atoms with E-state index in [-0.39, 0.29) is 5.92 Å². The lowest BCUT2D eigenvalue weighted by molar-refractivity contribution is -0.134. The fraction of sp³-hybridized carbons (Fsp3) is 0.632. The Balaban J connectivity index is 1.32. The van der Waals surface area contributed by atoms with Gasteiger partial charge in [-0.05, 0) is 37.2 Å². The van der Waals surface area contributed by atoms with Crippen LogP contribution in [0.4, 0.5) is 5.82 Å². The van der Waals surface area contributed by atoms with Gasteiger partial charge in [0.1, 0.15) is 17.8 Å². The minimum absolute atomic E-state index is 0.118. The third kappa shape index (κ3) is 2.41. The molecule has 3 unspecified atom stereocenters. The first kappa shape index (κ1) is 15.2. The first-order valence-corrected chi connectivity index (χ1v) is 9.50. The van der Waals surface area contributed by atoms with Crippen LogP contribution in [-0.2, 0) is 11.8 Å². The SMILES string of the molecule is Cn1ccc2c(N3CCC(C(=O)N4CC5CCCC5C4)C3)ncnc21. The van der Waals surface area contributed by atoms with Gasteiger partial charge >= 0.3 is 0 Å². The largest absolute Gasteiger partial charge is 0.355 e. The minimum Gasteiger partial charge on any atom is -0.355 e. The second-order valence-electron chi connectivity index (χ2n) is 7.99. The molecule has 1 saturated carbocycles. The van der Waals surface area contributed by atoms with Crippen molar-refractivity contribution in [3.8, 4) is 0 Å². The highest BCUT2D eigenvalue weighted by atomic mass is 16.2. The zero-order valence-corrected chi connectivity index (χ0v) is 14.8. The maximum Gasteiger partial charge on any atom is 0.227 e. The number of amides is 1. The lowest BCUT2D eigenvalue weighted by Gasteiger charge is -2.22. The maximum atomic E-state index is 13.0. The molecule has 2 aromatic rings. The quantitative estimate of drug-likeness (QED) is 0.840. The summed E-state index contributed by atoms with van der Waals surface area (Å²) in [5.74, 6) is 3.00. The lowest BCUT2D eigenvalue weighted by atomic mass is 10.0. The molecule has 0 bridgehead atoms. The summed E-state index contributed by atoms with van der Waals surface area (Å²) in [6.45, 7) is 3.68. The summed E-state index contributed by atoms with van der Waals surface area (Å²) < 4.78 is 2.02. The Morgan fingerprint density at radius 2 is 1.92 bits per heavy atom. The van der Waals surface area contributed by atoms with Crippen LogP contribution >= 0.6 is 0 Å². The third-order valence-electron chi connectivity index (χ3n) is 6.52. The molecule has 25 heavy (non-hydrogen) atoms. The summed E-state index contributed by atoms with van der Waals surface area (Å²) in [6.07, 6.45) is 8.58. The normalized spacial score (nSPS) is 28.9. The van der Waals surface area contributed by atoms with E-state index in [4.69, 9.17) is 0 Å². The summed E-state index contributed by atoms with van der Waals surface area (Å²) in [7, 11) is 2.00. The van der Waals surface area contributed by atoms with Gasteiger partial charge in [0.2, 0.25) is 5.91 Å². The van der Waals surface area contributed by atoms with E-state index in [2.05, 4.69) is 25.8 Å². The second-order valence-corrected chi connectivity index (χ2v) is 7.99. The number of likely N-dealkylation sites (tertiary alicyclic amines) is 1. The van der Waals surface area contributed by atoms with Crippen molar-refractivity contribution >= 4 is 22.8 Å². The highest BCUT2D eigenvalue weighted by Crippen LogP contribution is 2.39. The van der Waals surface area contributed by atoms with E-state index in [1.54, 1.807) is 6.33 Å². The molecule has 2 saturated heterocycles. The molecule has 6 nitrogen and oxygen atoms in total. The molecule has 5 rings (SSSR count). The molecule has 3 fully saturated rings. The molecular weight excluding hydrogens is 314 g/mol. The van der Waals surface area contributed by atoms with E-state index in [1.165, 1.54) is 19.3 Å². The van der Waals surface area contributed by atoms with Crippen molar-refractivity contribution in [3.05, 3.63) is 18.6 Å². The zero-order chi connectivity index (χ0) is 17.0. The van der Waals surface area contributed by atoms with Gasteiger partial charge in [-0.1, -0.05) is 6.42 Å². The average Bonchev–Trinajstić information content (AvgIpc) is 3.37. The van der Waals surface area contributed by atoms with Crippen LogP contribution in [0.25, 0.3) is 11.0 Å². The number of carbonyl (C=O) groups excluding carboxylic acids is 1. The highest BCUT2D eigenvalue weighted by Gasteiger charge is 2.41. The molecule has 0 spiro atoms. The fourth-order valence-electron chi connectivity index (χ4n) is 5.14. The van der Waals surface area contributed by atoms with Crippen LogP contribution in [0.5, 0.6) is 0 Å². The van der Waals surface area contributed by atoms with E-state index in [0.29, 0.717) is 5.91 Å². The van der Waals surface area contributed by atoms with E-state index < -0.39 is 0 Å². The molecule has 0 aromatic carbocycles. The number of nitrogens with zero attached hydrogens (tertiary/aromatic N) is 5. The molecule has 6 heteroatoms. The smallest absolute Gasteiger partial charge is 0.227 e. The topological polar surface area (TPSA) is 54.3 Å². The number of aromatic nitrogens is 3. The monoisotopic (exact) mass is 339 g/mol. The van der Waals surface area contributed by atoms with E-state index in [1.807, 2.05) is 17.8 Å². The van der Waals surface area contributed by atoms with Gasteiger partial charge < -0.3 is 14.4 Å². The van der Waals surface area contributed by atoms with Gasteiger partial charge in [0, 0.05) is 39.4 Å². The molecule has 1 aliphatic carbocycles. The van der Waals surface area contributed by atoms with Crippen molar-refractivity contribution in [1.29, 1.82) is 0 Å². The van der Waals surface area contributed by atoms with Gasteiger partial charge in [-0.3, -0.25) is 4.79 Å². The Bertz CT molecular complexity index is 803. The van der Waals surface area contributed by atoms with Crippen molar-refractivity contribution in [2.75, 3.05) is 31.1 Å². The lowest BCUT2D eigenvalue weighted by Crippen LogP contribution is -2.36. The van der Waals surface area contributed by atoms with Gasteiger partial charge in [-0.15, -0.1) is 0 Å². The van der Waals surface area contributed by atoms with Crippen LogP contribution in [0.3, 0.4) is 0 Å². The first-order chi connectivity index (χ1) is 12.2. The second kappa shape index (κ2) is 5.71. The number of fused-ring (bicyclic) bond motifs is 2. The Morgan fingerprint density at radius 3 is 2.72 bits per heavy atom. The molecule has 2 aliphatic heterocycles. The van der Waals surface area contributed by atoms with Crippen molar-refractivity contribution in [1.82, 2.24) is 19.4 Å². The molecule has 0 N–H and O–H groups in total. The van der Waals surface area contributed by atoms with Crippen LogP contribution in [-0.4, -0.2) is 51.5 Å². The van der Waals surface area contributed by atoms with Crippen molar-refractivity contribution < 1.29 is 4.79 Å². The van der Waals surface area contributed by atoms with E-state index >= 15 is 0 Å². The van der Waals surface area contributed by atoms with E-state index in [9.17, 15) is 4.79 Å². The summed E-state index contributed by atoms with van der Waals surface area (Å²) in [5.41, 5.74) is 0.951. The zero-order valence-electron chi connectivity index (χ0n) is 14.8. The first-order valence-electron chi connectivity index (χ1n) is 9.50.